The first-order valence-corrected chi connectivity index (χ1v) is 12.0. The third-order valence-corrected chi connectivity index (χ3v) is 6.27. The SMILES string of the molecule is CCCC(C(C)NC(C)=O)C(Cc1ccccc1)N1CC(CO)CC1C(=O)OC(C)(C)C. The number of aliphatic hydroxyl groups is 1. The molecule has 0 saturated carbocycles. The van der Waals surface area contributed by atoms with E-state index in [4.69, 9.17) is 4.74 Å². The minimum atomic E-state index is -0.568. The fraction of sp³-hybridized carbons (Fsp3) is 0.692. The number of likely N-dealkylation sites (tertiary alicyclic amines) is 1. The molecule has 2 rings (SSSR count). The molecule has 5 atom stereocenters. The zero-order valence-electron chi connectivity index (χ0n) is 20.6. The molecule has 0 aliphatic carbocycles. The standard InChI is InChI=1S/C26H42N2O4/c1-7-11-22(18(2)27-19(3)30)23(14-20-12-9-8-10-13-20)28-16-21(17-29)15-24(28)25(31)32-26(4,5)6/h8-10,12-13,18,21-24,29H,7,11,14-17H2,1-6H3,(H,27,30). The van der Waals surface area contributed by atoms with Gasteiger partial charge in [-0.2, -0.15) is 0 Å². The summed E-state index contributed by atoms with van der Waals surface area (Å²) in [5.74, 6) is -0.0834. The summed E-state index contributed by atoms with van der Waals surface area (Å²) in [4.78, 5) is 27.3. The predicted octanol–water partition coefficient (Wildman–Crippen LogP) is 3.56. The molecule has 1 amide bonds. The minimum Gasteiger partial charge on any atom is -0.459 e. The average molecular weight is 447 g/mol. The number of hydrogen-bond acceptors (Lipinski definition) is 5. The number of hydrogen-bond donors (Lipinski definition) is 2. The van der Waals surface area contributed by atoms with Gasteiger partial charge in [0.05, 0.1) is 0 Å². The third-order valence-electron chi connectivity index (χ3n) is 6.27. The summed E-state index contributed by atoms with van der Waals surface area (Å²) in [5.41, 5.74) is 0.630. The van der Waals surface area contributed by atoms with Crippen LogP contribution in [0.1, 0.15) is 66.4 Å². The van der Waals surface area contributed by atoms with Crippen molar-refractivity contribution in [2.24, 2.45) is 11.8 Å². The van der Waals surface area contributed by atoms with Gasteiger partial charge in [-0.15, -0.1) is 0 Å². The largest absolute Gasteiger partial charge is 0.459 e. The molecule has 0 aromatic heterocycles. The van der Waals surface area contributed by atoms with E-state index in [1.807, 2.05) is 39.0 Å². The molecule has 5 unspecified atom stereocenters. The molecule has 0 spiro atoms. The second-order valence-corrected chi connectivity index (χ2v) is 10.2. The lowest BCUT2D eigenvalue weighted by Gasteiger charge is -2.41. The summed E-state index contributed by atoms with van der Waals surface area (Å²) in [5, 5.41) is 13.0. The number of rotatable bonds is 10. The van der Waals surface area contributed by atoms with Gasteiger partial charge in [0.25, 0.3) is 0 Å². The van der Waals surface area contributed by atoms with Gasteiger partial charge >= 0.3 is 5.97 Å². The van der Waals surface area contributed by atoms with E-state index in [9.17, 15) is 14.7 Å². The van der Waals surface area contributed by atoms with E-state index in [1.165, 1.54) is 5.56 Å². The first-order valence-electron chi connectivity index (χ1n) is 12.0. The Morgan fingerprint density at radius 3 is 2.44 bits per heavy atom. The highest BCUT2D eigenvalue weighted by Gasteiger charge is 2.45. The van der Waals surface area contributed by atoms with Crippen LogP contribution in [0.5, 0.6) is 0 Å². The lowest BCUT2D eigenvalue weighted by Crippen LogP contribution is -2.54. The Kier molecular flexibility index (Phi) is 9.71. The predicted molar refractivity (Wildman–Crippen MR) is 127 cm³/mol. The zero-order valence-corrected chi connectivity index (χ0v) is 20.6. The number of carbonyl (C=O) groups is 2. The van der Waals surface area contributed by atoms with Gasteiger partial charge in [-0.05, 0) is 64.4 Å². The topological polar surface area (TPSA) is 78.9 Å². The van der Waals surface area contributed by atoms with Crippen LogP contribution in [-0.4, -0.2) is 58.8 Å². The second kappa shape index (κ2) is 11.8. The summed E-state index contributed by atoms with van der Waals surface area (Å²) >= 11 is 0. The molecule has 1 fully saturated rings. The van der Waals surface area contributed by atoms with Crippen LogP contribution >= 0.6 is 0 Å². The van der Waals surface area contributed by atoms with Crippen LogP contribution in [0.4, 0.5) is 0 Å². The first-order chi connectivity index (χ1) is 15.1. The lowest BCUT2D eigenvalue weighted by molar-refractivity contribution is -0.161. The first kappa shape index (κ1) is 26.3. The number of benzene rings is 1. The Labute approximate surface area is 193 Å². The van der Waals surface area contributed by atoms with E-state index in [2.05, 4.69) is 36.2 Å². The molecule has 0 radical (unpaired) electrons. The highest BCUT2D eigenvalue weighted by molar-refractivity contribution is 5.76. The normalized spacial score (nSPS) is 22.2. The summed E-state index contributed by atoms with van der Waals surface area (Å²) < 4.78 is 5.78. The molecule has 2 N–H and O–H groups in total. The van der Waals surface area contributed by atoms with Gasteiger partial charge in [-0.1, -0.05) is 43.7 Å². The molecule has 1 heterocycles. The van der Waals surface area contributed by atoms with E-state index in [1.54, 1.807) is 6.92 Å². The van der Waals surface area contributed by atoms with Crippen LogP contribution < -0.4 is 5.32 Å². The zero-order chi connectivity index (χ0) is 23.9. The van der Waals surface area contributed by atoms with E-state index >= 15 is 0 Å². The van der Waals surface area contributed by atoms with Crippen molar-refractivity contribution in [2.45, 2.75) is 91.0 Å². The quantitative estimate of drug-likeness (QED) is 0.537. The van der Waals surface area contributed by atoms with Gasteiger partial charge in [0.2, 0.25) is 5.91 Å². The summed E-state index contributed by atoms with van der Waals surface area (Å²) in [7, 11) is 0. The van der Waals surface area contributed by atoms with Gasteiger partial charge in [-0.25, -0.2) is 0 Å². The number of nitrogens with one attached hydrogen (secondary N) is 1. The maximum absolute atomic E-state index is 13.2. The molecule has 0 bridgehead atoms. The van der Waals surface area contributed by atoms with Crippen molar-refractivity contribution in [3.05, 3.63) is 35.9 Å². The molecule has 180 valence electrons. The fourth-order valence-electron chi connectivity index (χ4n) is 4.96. The highest BCUT2D eigenvalue weighted by atomic mass is 16.6. The Morgan fingerprint density at radius 1 is 1.25 bits per heavy atom. The molecular formula is C26H42N2O4. The van der Waals surface area contributed by atoms with Crippen LogP contribution in [0.3, 0.4) is 0 Å². The van der Waals surface area contributed by atoms with E-state index in [0.717, 1.165) is 19.3 Å². The van der Waals surface area contributed by atoms with Crippen molar-refractivity contribution in [3.8, 4) is 0 Å². The average Bonchev–Trinajstić information content (AvgIpc) is 3.14. The molecule has 6 heteroatoms. The number of carbonyl (C=O) groups excluding carboxylic acids is 2. The third kappa shape index (κ3) is 7.59. The van der Waals surface area contributed by atoms with Crippen LogP contribution in [0.2, 0.25) is 0 Å². The number of amides is 1. The Morgan fingerprint density at radius 2 is 1.91 bits per heavy atom. The summed E-state index contributed by atoms with van der Waals surface area (Å²) in [6.07, 6.45) is 3.27. The van der Waals surface area contributed by atoms with Crippen LogP contribution in [-0.2, 0) is 20.7 Å². The van der Waals surface area contributed by atoms with Crippen molar-refractivity contribution in [1.82, 2.24) is 10.2 Å². The summed E-state index contributed by atoms with van der Waals surface area (Å²) in [6.45, 7) is 12.1. The smallest absolute Gasteiger partial charge is 0.323 e. The molecule has 1 aromatic carbocycles. The van der Waals surface area contributed by atoms with Crippen LogP contribution in [0.15, 0.2) is 30.3 Å². The van der Waals surface area contributed by atoms with E-state index < -0.39 is 11.6 Å². The van der Waals surface area contributed by atoms with E-state index in [0.29, 0.717) is 13.0 Å². The summed E-state index contributed by atoms with van der Waals surface area (Å²) in [6, 6.07) is 9.89. The minimum absolute atomic E-state index is 0.0316. The molecule has 32 heavy (non-hydrogen) atoms. The van der Waals surface area contributed by atoms with Crippen molar-refractivity contribution >= 4 is 11.9 Å². The number of esters is 1. The van der Waals surface area contributed by atoms with Gasteiger partial charge in [0, 0.05) is 32.2 Å². The van der Waals surface area contributed by atoms with Gasteiger partial charge < -0.3 is 15.2 Å². The lowest BCUT2D eigenvalue weighted by atomic mass is 9.83. The maximum atomic E-state index is 13.2. The van der Waals surface area contributed by atoms with Gasteiger partial charge in [0.1, 0.15) is 11.6 Å². The van der Waals surface area contributed by atoms with E-state index in [-0.39, 0.29) is 42.4 Å². The van der Waals surface area contributed by atoms with Gasteiger partial charge in [0.15, 0.2) is 0 Å². The fourth-order valence-corrected chi connectivity index (χ4v) is 4.96. The molecule has 1 aliphatic rings. The Hall–Kier alpha value is -1.92. The molecule has 1 saturated heterocycles. The molecule has 1 aromatic rings. The Balaban J connectivity index is 2.43. The van der Waals surface area contributed by atoms with Gasteiger partial charge in [-0.3, -0.25) is 14.5 Å². The second-order valence-electron chi connectivity index (χ2n) is 10.2. The molecular weight excluding hydrogens is 404 g/mol. The van der Waals surface area contributed by atoms with Crippen LogP contribution in [0.25, 0.3) is 0 Å². The maximum Gasteiger partial charge on any atom is 0.323 e. The van der Waals surface area contributed by atoms with Crippen molar-refractivity contribution < 1.29 is 19.4 Å². The molecule has 6 nitrogen and oxygen atoms in total. The van der Waals surface area contributed by atoms with Crippen molar-refractivity contribution in [1.29, 1.82) is 0 Å². The molecule has 1 aliphatic heterocycles. The monoisotopic (exact) mass is 446 g/mol. The van der Waals surface area contributed by atoms with Crippen LogP contribution in [0, 0.1) is 11.8 Å². The Bertz CT molecular complexity index is 731. The van der Waals surface area contributed by atoms with Crippen molar-refractivity contribution in [3.63, 3.8) is 0 Å². The number of nitrogens with zero attached hydrogens (tertiary/aromatic N) is 1. The highest BCUT2D eigenvalue weighted by Crippen LogP contribution is 2.34. The van der Waals surface area contributed by atoms with Crippen molar-refractivity contribution in [2.75, 3.05) is 13.2 Å². The number of ether oxygens (including phenoxy) is 1. The number of aliphatic hydroxyl groups excluding tert-OH is 1.